The summed E-state index contributed by atoms with van der Waals surface area (Å²) in [5.74, 6) is -0.0967. The lowest BCUT2D eigenvalue weighted by atomic mass is 10.2. The minimum atomic E-state index is -0.532. The van der Waals surface area contributed by atoms with Gasteiger partial charge in [-0.2, -0.15) is 0 Å². The summed E-state index contributed by atoms with van der Waals surface area (Å²) < 4.78 is 8.90. The second-order valence-corrected chi connectivity index (χ2v) is 5.54. The van der Waals surface area contributed by atoms with Crippen molar-refractivity contribution in [3.8, 4) is 5.75 Å². The summed E-state index contributed by atoms with van der Waals surface area (Å²) in [6.07, 6.45) is 1.35. The van der Waals surface area contributed by atoms with Crippen LogP contribution in [0.3, 0.4) is 0 Å². The number of carbonyl (C=O) groups is 1. The Kier molecular flexibility index (Phi) is 3.80. The molecule has 124 valence electrons. The molecule has 0 saturated carbocycles. The maximum absolute atomic E-state index is 12.3. The topological polar surface area (TPSA) is 88.1 Å². The molecular formula is C16H16N4O4. The van der Waals surface area contributed by atoms with Gasteiger partial charge in [-0.05, 0) is 24.6 Å². The summed E-state index contributed by atoms with van der Waals surface area (Å²) in [5.41, 5.74) is 0.401. The fourth-order valence-electron chi connectivity index (χ4n) is 2.50. The molecule has 0 aliphatic heterocycles. The second-order valence-electron chi connectivity index (χ2n) is 5.54. The first kappa shape index (κ1) is 15.7. The monoisotopic (exact) mass is 328 g/mol. The molecule has 8 heteroatoms. The summed E-state index contributed by atoms with van der Waals surface area (Å²) in [4.78, 5) is 40.4. The third-order valence-corrected chi connectivity index (χ3v) is 3.74. The highest BCUT2D eigenvalue weighted by Crippen LogP contribution is 2.13. The van der Waals surface area contributed by atoms with Gasteiger partial charge < -0.3 is 9.30 Å². The number of imidazole rings is 1. The van der Waals surface area contributed by atoms with Crippen LogP contribution in [-0.4, -0.2) is 24.7 Å². The Morgan fingerprint density at radius 3 is 2.67 bits per heavy atom. The van der Waals surface area contributed by atoms with Crippen LogP contribution in [0, 0.1) is 6.92 Å². The zero-order valence-corrected chi connectivity index (χ0v) is 13.5. The number of hydrogen-bond donors (Lipinski definition) is 0. The van der Waals surface area contributed by atoms with Gasteiger partial charge in [-0.1, -0.05) is 12.1 Å². The van der Waals surface area contributed by atoms with Crippen LogP contribution in [0.15, 0.2) is 40.2 Å². The summed E-state index contributed by atoms with van der Waals surface area (Å²) >= 11 is 0. The average molecular weight is 328 g/mol. The number of aryl methyl sites for hydroxylation is 2. The molecule has 2 aromatic heterocycles. The quantitative estimate of drug-likeness (QED) is 0.511. The van der Waals surface area contributed by atoms with Gasteiger partial charge in [0.2, 0.25) is 0 Å². The summed E-state index contributed by atoms with van der Waals surface area (Å²) in [6, 6.07) is 7.10. The van der Waals surface area contributed by atoms with Gasteiger partial charge in [-0.25, -0.2) is 14.6 Å². The number of ether oxygens (including phenoxy) is 1. The molecule has 3 rings (SSSR count). The van der Waals surface area contributed by atoms with Crippen molar-refractivity contribution >= 4 is 17.1 Å². The van der Waals surface area contributed by atoms with Crippen molar-refractivity contribution in [2.75, 3.05) is 0 Å². The molecule has 0 unspecified atom stereocenters. The van der Waals surface area contributed by atoms with E-state index in [4.69, 9.17) is 4.74 Å². The fourth-order valence-corrected chi connectivity index (χ4v) is 2.50. The molecule has 0 radical (unpaired) electrons. The molecule has 0 spiro atoms. The Morgan fingerprint density at radius 2 is 1.96 bits per heavy atom. The van der Waals surface area contributed by atoms with E-state index in [9.17, 15) is 14.4 Å². The first-order valence-electron chi connectivity index (χ1n) is 7.26. The molecule has 0 atom stereocenters. The summed E-state index contributed by atoms with van der Waals surface area (Å²) in [6.45, 7) is 1.71. The van der Waals surface area contributed by atoms with Crippen LogP contribution in [0.25, 0.3) is 11.2 Å². The highest BCUT2D eigenvalue weighted by atomic mass is 16.5. The van der Waals surface area contributed by atoms with Crippen molar-refractivity contribution in [1.29, 1.82) is 0 Å². The van der Waals surface area contributed by atoms with E-state index in [0.717, 1.165) is 10.1 Å². The van der Waals surface area contributed by atoms with E-state index in [1.807, 2.05) is 13.0 Å². The van der Waals surface area contributed by atoms with Gasteiger partial charge in [0.1, 0.15) is 12.3 Å². The number of benzene rings is 1. The number of carbonyl (C=O) groups excluding carboxylic acids is 1. The maximum atomic E-state index is 12.3. The summed E-state index contributed by atoms with van der Waals surface area (Å²) in [5, 5.41) is 0. The zero-order chi connectivity index (χ0) is 17.4. The molecule has 8 nitrogen and oxygen atoms in total. The van der Waals surface area contributed by atoms with Crippen molar-refractivity contribution in [2.24, 2.45) is 14.1 Å². The number of rotatable bonds is 3. The molecular weight excluding hydrogens is 312 g/mol. The van der Waals surface area contributed by atoms with Gasteiger partial charge in [-0.3, -0.25) is 13.9 Å². The minimum absolute atomic E-state index is 0.181. The Bertz CT molecular complexity index is 1060. The average Bonchev–Trinajstić information content (AvgIpc) is 2.94. The predicted molar refractivity (Wildman–Crippen MR) is 87.0 cm³/mol. The van der Waals surface area contributed by atoms with Crippen LogP contribution in [0.4, 0.5) is 0 Å². The Labute approximate surface area is 136 Å². The number of hydrogen-bond acceptors (Lipinski definition) is 5. The standard InChI is InChI=1S/C16H16N4O4/c1-10-5-4-6-11(7-10)24-12(21)8-20-9-17-14-13(20)15(22)19(3)16(23)18(14)2/h4-7,9H,8H2,1-3H3. The highest BCUT2D eigenvalue weighted by molar-refractivity contribution is 5.76. The van der Waals surface area contributed by atoms with Gasteiger partial charge in [0.05, 0.1) is 6.33 Å². The zero-order valence-electron chi connectivity index (χ0n) is 13.5. The predicted octanol–water partition coefficient (Wildman–Crippen LogP) is 0.348. The van der Waals surface area contributed by atoms with E-state index in [1.165, 1.54) is 29.6 Å². The molecule has 0 saturated heterocycles. The van der Waals surface area contributed by atoms with Crippen LogP contribution in [0.5, 0.6) is 5.75 Å². The molecule has 0 amide bonds. The van der Waals surface area contributed by atoms with Gasteiger partial charge in [0, 0.05) is 14.1 Å². The van der Waals surface area contributed by atoms with Gasteiger partial charge in [0.25, 0.3) is 5.56 Å². The Balaban J connectivity index is 1.95. The molecule has 24 heavy (non-hydrogen) atoms. The smallest absolute Gasteiger partial charge is 0.332 e. The molecule has 0 bridgehead atoms. The first-order chi connectivity index (χ1) is 11.4. The largest absolute Gasteiger partial charge is 0.425 e. The van der Waals surface area contributed by atoms with E-state index < -0.39 is 17.2 Å². The van der Waals surface area contributed by atoms with E-state index in [-0.39, 0.29) is 17.7 Å². The molecule has 0 N–H and O–H groups in total. The third kappa shape index (κ3) is 2.62. The molecule has 2 heterocycles. The van der Waals surface area contributed by atoms with E-state index >= 15 is 0 Å². The van der Waals surface area contributed by atoms with E-state index in [2.05, 4.69) is 4.98 Å². The van der Waals surface area contributed by atoms with Crippen LogP contribution in [0.1, 0.15) is 5.56 Å². The lowest BCUT2D eigenvalue weighted by Gasteiger charge is -2.07. The molecule has 1 aromatic carbocycles. The van der Waals surface area contributed by atoms with Crippen molar-refractivity contribution in [2.45, 2.75) is 13.5 Å². The van der Waals surface area contributed by atoms with Gasteiger partial charge >= 0.3 is 11.7 Å². The lowest BCUT2D eigenvalue weighted by Crippen LogP contribution is -2.37. The van der Waals surface area contributed by atoms with E-state index in [1.54, 1.807) is 18.2 Å². The molecule has 0 aliphatic rings. The Morgan fingerprint density at radius 1 is 1.21 bits per heavy atom. The molecule has 3 aromatic rings. The van der Waals surface area contributed by atoms with Crippen molar-refractivity contribution in [3.05, 3.63) is 57.0 Å². The first-order valence-corrected chi connectivity index (χ1v) is 7.26. The van der Waals surface area contributed by atoms with Crippen LogP contribution >= 0.6 is 0 Å². The molecule has 0 aliphatic carbocycles. The number of aromatic nitrogens is 4. The third-order valence-electron chi connectivity index (χ3n) is 3.74. The number of fused-ring (bicyclic) bond motifs is 1. The summed E-state index contributed by atoms with van der Waals surface area (Å²) in [7, 11) is 2.90. The highest BCUT2D eigenvalue weighted by Gasteiger charge is 2.16. The SMILES string of the molecule is Cc1cccc(OC(=O)Cn2cnc3c2c(=O)n(C)c(=O)n3C)c1. The fraction of sp³-hybridized carbons (Fsp3) is 0.250. The van der Waals surface area contributed by atoms with Crippen molar-refractivity contribution in [3.63, 3.8) is 0 Å². The van der Waals surface area contributed by atoms with Crippen LogP contribution in [0.2, 0.25) is 0 Å². The van der Waals surface area contributed by atoms with Gasteiger partial charge in [-0.15, -0.1) is 0 Å². The normalized spacial score (nSPS) is 11.0. The lowest BCUT2D eigenvalue weighted by molar-refractivity contribution is -0.135. The second kappa shape index (κ2) is 5.80. The van der Waals surface area contributed by atoms with E-state index in [0.29, 0.717) is 5.75 Å². The Hall–Kier alpha value is -3.16. The van der Waals surface area contributed by atoms with Crippen molar-refractivity contribution in [1.82, 2.24) is 18.7 Å². The van der Waals surface area contributed by atoms with Crippen molar-refractivity contribution < 1.29 is 9.53 Å². The minimum Gasteiger partial charge on any atom is -0.425 e. The number of esters is 1. The number of nitrogens with zero attached hydrogens (tertiary/aromatic N) is 4. The molecule has 0 fully saturated rings. The van der Waals surface area contributed by atoms with Crippen LogP contribution < -0.4 is 16.0 Å². The van der Waals surface area contributed by atoms with Crippen LogP contribution in [-0.2, 0) is 25.4 Å². The van der Waals surface area contributed by atoms with Gasteiger partial charge in [0.15, 0.2) is 11.2 Å². The maximum Gasteiger partial charge on any atom is 0.332 e.